The molecule has 0 aliphatic carbocycles. The van der Waals surface area contributed by atoms with E-state index in [0.29, 0.717) is 30.4 Å². The van der Waals surface area contributed by atoms with E-state index in [0.717, 1.165) is 33.8 Å². The van der Waals surface area contributed by atoms with Gasteiger partial charge < -0.3 is 15.2 Å². The van der Waals surface area contributed by atoms with Crippen LogP contribution in [0.25, 0.3) is 34.2 Å². The van der Waals surface area contributed by atoms with E-state index in [1.165, 1.54) is 0 Å². The molecule has 4 aromatic rings. The Balaban J connectivity index is 0.000000732. The lowest BCUT2D eigenvalue weighted by molar-refractivity contribution is -2.00. The predicted octanol–water partition coefficient (Wildman–Crippen LogP) is 2.39. The number of halogens is 1. The Morgan fingerprint density at radius 2 is 1.29 bits per heavy atom. The van der Waals surface area contributed by atoms with Crippen molar-refractivity contribution in [3.63, 3.8) is 0 Å². The van der Waals surface area contributed by atoms with Crippen LogP contribution >= 0.6 is 0 Å². The van der Waals surface area contributed by atoms with Crippen LogP contribution in [0.2, 0.25) is 0 Å². The van der Waals surface area contributed by atoms with Gasteiger partial charge in [0, 0.05) is 5.56 Å². The molecule has 0 unspecified atom stereocenters. The van der Waals surface area contributed by atoms with Crippen molar-refractivity contribution >= 4 is 11.8 Å². The fourth-order valence-corrected chi connectivity index (χ4v) is 3.59. The minimum atomic E-state index is -4.94. The third-order valence-electron chi connectivity index (χ3n) is 5.13. The van der Waals surface area contributed by atoms with Crippen LogP contribution in [-0.2, 0) is 0 Å². The van der Waals surface area contributed by atoms with Gasteiger partial charge in [-0.25, -0.2) is 23.1 Å². The Kier molecular flexibility index (Phi) is 10.2. The second kappa shape index (κ2) is 13.6. The molecule has 8 nitrogen and oxygen atoms in total. The van der Waals surface area contributed by atoms with Gasteiger partial charge in [-0.05, 0) is 55.3 Å². The Bertz CT molecular complexity index is 1280. The number of ether oxygens (including phenoxy) is 2. The van der Waals surface area contributed by atoms with Gasteiger partial charge in [-0.1, -0.05) is 54.6 Å². The van der Waals surface area contributed by atoms with E-state index in [4.69, 9.17) is 38.3 Å². The van der Waals surface area contributed by atoms with Crippen LogP contribution in [0.5, 0.6) is 11.5 Å². The van der Waals surface area contributed by atoms with Gasteiger partial charge in [0.2, 0.25) is 0 Å². The van der Waals surface area contributed by atoms with Crippen LogP contribution in [0.15, 0.2) is 95.4 Å². The SMILES string of the molecule is CCOc1ccc(C=C(N)c2cc(-c3ccccc3)cc(-c3ccccc3)[o+]2)cc1OCC.[O-][Cl+3]([O-])([O-])[O-]. The van der Waals surface area contributed by atoms with Gasteiger partial charge in [0.25, 0.3) is 0 Å². The zero-order valence-electron chi connectivity index (χ0n) is 21.0. The zero-order valence-corrected chi connectivity index (χ0v) is 21.7. The molecule has 0 atom stereocenters. The van der Waals surface area contributed by atoms with Crippen molar-refractivity contribution in [2.75, 3.05) is 13.2 Å². The molecule has 0 amide bonds. The molecule has 0 saturated heterocycles. The Labute approximate surface area is 223 Å². The lowest BCUT2D eigenvalue weighted by Gasteiger charge is -2.17. The van der Waals surface area contributed by atoms with Crippen LogP contribution in [0.4, 0.5) is 0 Å². The molecule has 0 spiro atoms. The molecule has 198 valence electrons. The van der Waals surface area contributed by atoms with Crippen LogP contribution in [-0.4, -0.2) is 13.2 Å². The fourth-order valence-electron chi connectivity index (χ4n) is 3.59. The highest BCUT2D eigenvalue weighted by Crippen LogP contribution is 2.32. The highest BCUT2D eigenvalue weighted by Gasteiger charge is 2.21. The van der Waals surface area contributed by atoms with Crippen molar-refractivity contribution in [1.29, 1.82) is 0 Å². The molecule has 1 heterocycles. The second-order valence-corrected chi connectivity index (χ2v) is 8.61. The second-order valence-electron chi connectivity index (χ2n) is 7.86. The Morgan fingerprint density at radius 1 is 0.737 bits per heavy atom. The average molecular weight is 538 g/mol. The van der Waals surface area contributed by atoms with Crippen molar-refractivity contribution in [3.05, 3.63) is 102 Å². The summed E-state index contributed by atoms with van der Waals surface area (Å²) in [5.41, 5.74) is 11.1. The molecule has 3 aromatic carbocycles. The van der Waals surface area contributed by atoms with Crippen molar-refractivity contribution in [3.8, 4) is 33.9 Å². The summed E-state index contributed by atoms with van der Waals surface area (Å²) in [4.78, 5) is 0. The molecule has 0 aliphatic rings. The fraction of sp³-hybridized carbons (Fsp3) is 0.138. The molecule has 9 heteroatoms. The maximum Gasteiger partial charge on any atom is 0.376 e. The summed E-state index contributed by atoms with van der Waals surface area (Å²) in [5.74, 6) is 2.77. The van der Waals surface area contributed by atoms with E-state index in [-0.39, 0.29) is 0 Å². The summed E-state index contributed by atoms with van der Waals surface area (Å²) < 4.78 is 51.6. The predicted molar refractivity (Wildman–Crippen MR) is 135 cm³/mol. The Hall–Kier alpha value is -3.92. The summed E-state index contributed by atoms with van der Waals surface area (Å²) in [5, 5.41) is 0. The largest absolute Gasteiger partial charge is 0.490 e. The Morgan fingerprint density at radius 3 is 1.87 bits per heavy atom. The molecule has 0 fully saturated rings. The van der Waals surface area contributed by atoms with E-state index in [2.05, 4.69) is 12.1 Å². The summed E-state index contributed by atoms with van der Waals surface area (Å²) in [6.07, 6.45) is 1.89. The number of benzene rings is 3. The molecule has 0 radical (unpaired) electrons. The normalized spacial score (nSPS) is 11.4. The van der Waals surface area contributed by atoms with Crippen molar-refractivity contribution in [2.24, 2.45) is 5.73 Å². The monoisotopic (exact) mass is 537 g/mol. The highest BCUT2D eigenvalue weighted by atomic mass is 35.7. The zero-order chi connectivity index (χ0) is 27.5. The van der Waals surface area contributed by atoms with Gasteiger partial charge >= 0.3 is 11.5 Å². The number of hydrogen-bond donors (Lipinski definition) is 1. The van der Waals surface area contributed by atoms with Crippen molar-refractivity contribution in [1.82, 2.24) is 0 Å². The molecular formula is C29H28ClNO7. The first-order valence-corrected chi connectivity index (χ1v) is 13.0. The maximum atomic E-state index is 8.49. The van der Waals surface area contributed by atoms with Gasteiger partial charge in [0.05, 0.1) is 30.9 Å². The van der Waals surface area contributed by atoms with Gasteiger partial charge in [0.15, 0.2) is 11.5 Å². The molecule has 0 aliphatic heterocycles. The molecule has 1 aromatic heterocycles. The first-order chi connectivity index (χ1) is 18.2. The lowest BCUT2D eigenvalue weighted by atomic mass is 10.0. The molecule has 0 bridgehead atoms. The summed E-state index contributed by atoms with van der Waals surface area (Å²) in [7, 11) is -4.94. The van der Waals surface area contributed by atoms with Crippen molar-refractivity contribution < 1.29 is 42.8 Å². The molecule has 38 heavy (non-hydrogen) atoms. The first kappa shape index (κ1) is 28.6. The van der Waals surface area contributed by atoms with E-state index in [1.807, 2.05) is 98.8 Å². The smallest absolute Gasteiger partial charge is 0.376 e. The van der Waals surface area contributed by atoms with Gasteiger partial charge in [-0.3, -0.25) is 0 Å². The average Bonchev–Trinajstić information content (AvgIpc) is 2.90. The minimum Gasteiger partial charge on any atom is -0.490 e. The highest BCUT2D eigenvalue weighted by molar-refractivity contribution is 5.81. The van der Waals surface area contributed by atoms with Crippen molar-refractivity contribution in [2.45, 2.75) is 13.8 Å². The third-order valence-corrected chi connectivity index (χ3v) is 5.13. The quantitative estimate of drug-likeness (QED) is 0.337. The summed E-state index contributed by atoms with van der Waals surface area (Å²) in [6.45, 7) is 5.03. The minimum absolute atomic E-state index is 0.525. The first-order valence-electron chi connectivity index (χ1n) is 11.8. The van der Waals surface area contributed by atoms with E-state index in [1.54, 1.807) is 0 Å². The third kappa shape index (κ3) is 8.88. The van der Waals surface area contributed by atoms with Crippen LogP contribution in [0.3, 0.4) is 0 Å². The number of rotatable bonds is 8. The van der Waals surface area contributed by atoms with Gasteiger partial charge in [0.1, 0.15) is 5.70 Å². The van der Waals surface area contributed by atoms with E-state index in [9.17, 15) is 0 Å². The molecule has 0 saturated carbocycles. The number of nitrogens with two attached hydrogens (primary N) is 1. The van der Waals surface area contributed by atoms with Crippen LogP contribution in [0.1, 0.15) is 25.2 Å². The van der Waals surface area contributed by atoms with Gasteiger partial charge in [-0.2, -0.15) is 0 Å². The van der Waals surface area contributed by atoms with E-state index < -0.39 is 10.2 Å². The maximum absolute atomic E-state index is 8.49. The van der Waals surface area contributed by atoms with Crippen LogP contribution < -0.4 is 33.8 Å². The topological polar surface area (TPSA) is 148 Å². The number of hydrogen-bond acceptors (Lipinski definition) is 7. The van der Waals surface area contributed by atoms with E-state index >= 15 is 0 Å². The standard InChI is InChI=1S/C29H28NO3.ClHO4/c1-3-31-26-16-15-21(18-29(26)32-4-2)17-25(30)28-20-24(22-11-7-5-8-12-22)19-27(33-28)23-13-9-6-10-14-23;2-1(3,4)5/h5-20H,3-4,30H2,1-2H3;(H,2,3,4,5)/q+1;/p-1. The molecular weight excluding hydrogens is 510 g/mol. The van der Waals surface area contributed by atoms with Crippen LogP contribution in [0, 0.1) is 10.2 Å². The molecule has 4 rings (SSSR count). The lowest BCUT2D eigenvalue weighted by Crippen LogP contribution is -2.68. The van der Waals surface area contributed by atoms with Gasteiger partial charge in [-0.15, -0.1) is 10.2 Å². The molecule has 2 N–H and O–H groups in total. The summed E-state index contributed by atoms with van der Waals surface area (Å²) in [6, 6.07) is 30.1. The summed E-state index contributed by atoms with van der Waals surface area (Å²) >= 11 is 0.